The second kappa shape index (κ2) is 6.48. The molecule has 0 saturated carbocycles. The van der Waals surface area contributed by atoms with Gasteiger partial charge in [-0.15, -0.1) is 0 Å². The van der Waals surface area contributed by atoms with E-state index in [4.69, 9.17) is 0 Å². The Balaban J connectivity index is 2.47. The van der Waals surface area contributed by atoms with Gasteiger partial charge >= 0.3 is 0 Å². The van der Waals surface area contributed by atoms with Crippen LogP contribution in [0, 0.1) is 6.92 Å². The van der Waals surface area contributed by atoms with Gasteiger partial charge in [0.1, 0.15) is 0 Å². The van der Waals surface area contributed by atoms with Crippen LogP contribution in [0.15, 0.2) is 28.7 Å². The Bertz CT molecular complexity index is 399. The number of carbonyl (C=O) groups excluding carboxylic acids is 1. The Kier molecular flexibility index (Phi) is 5.26. The standard InChI is InChI=1S/C13H16BrNO/c1-10-9-13(14)7-6-12(10)5-3-4-8-15-11(2)16/h3,5-7,9H,4,8H2,1-2H3,(H,15,16). The molecule has 0 radical (unpaired) electrons. The molecule has 1 aromatic carbocycles. The van der Waals surface area contributed by atoms with Crippen LogP contribution in [0.25, 0.3) is 6.08 Å². The highest BCUT2D eigenvalue weighted by atomic mass is 79.9. The zero-order chi connectivity index (χ0) is 12.0. The first-order chi connectivity index (χ1) is 7.59. The van der Waals surface area contributed by atoms with Crippen LogP contribution in [0.3, 0.4) is 0 Å². The zero-order valence-corrected chi connectivity index (χ0v) is 11.2. The number of hydrogen-bond acceptors (Lipinski definition) is 1. The lowest BCUT2D eigenvalue weighted by Gasteiger charge is -2.01. The first-order valence-electron chi connectivity index (χ1n) is 5.26. The quantitative estimate of drug-likeness (QED) is 0.843. The molecule has 0 bridgehead atoms. The second-order valence-electron chi connectivity index (χ2n) is 3.67. The Labute approximate surface area is 105 Å². The first kappa shape index (κ1) is 13.0. The van der Waals surface area contributed by atoms with Crippen molar-refractivity contribution < 1.29 is 4.79 Å². The maximum atomic E-state index is 10.6. The topological polar surface area (TPSA) is 29.1 Å². The van der Waals surface area contributed by atoms with Crippen LogP contribution in [0.2, 0.25) is 0 Å². The lowest BCUT2D eigenvalue weighted by atomic mass is 10.1. The van der Waals surface area contributed by atoms with Crippen molar-refractivity contribution in [3.63, 3.8) is 0 Å². The van der Waals surface area contributed by atoms with Crippen molar-refractivity contribution in [1.29, 1.82) is 0 Å². The van der Waals surface area contributed by atoms with Crippen LogP contribution < -0.4 is 5.32 Å². The molecule has 1 rings (SSSR count). The summed E-state index contributed by atoms with van der Waals surface area (Å²) >= 11 is 3.43. The van der Waals surface area contributed by atoms with E-state index >= 15 is 0 Å². The maximum Gasteiger partial charge on any atom is 0.216 e. The summed E-state index contributed by atoms with van der Waals surface area (Å²) in [6, 6.07) is 6.20. The lowest BCUT2D eigenvalue weighted by Crippen LogP contribution is -2.20. The number of aryl methyl sites for hydroxylation is 1. The molecule has 1 amide bonds. The molecule has 16 heavy (non-hydrogen) atoms. The Morgan fingerprint density at radius 3 is 2.88 bits per heavy atom. The van der Waals surface area contributed by atoms with Gasteiger partial charge in [-0.25, -0.2) is 0 Å². The molecule has 1 N–H and O–H groups in total. The molecule has 0 aliphatic carbocycles. The van der Waals surface area contributed by atoms with Crippen molar-refractivity contribution in [2.24, 2.45) is 0 Å². The third-order valence-electron chi connectivity index (χ3n) is 2.21. The highest BCUT2D eigenvalue weighted by molar-refractivity contribution is 9.10. The third kappa shape index (κ3) is 4.62. The predicted molar refractivity (Wildman–Crippen MR) is 71.2 cm³/mol. The Morgan fingerprint density at radius 1 is 1.50 bits per heavy atom. The fourth-order valence-corrected chi connectivity index (χ4v) is 1.84. The smallest absolute Gasteiger partial charge is 0.216 e. The summed E-state index contributed by atoms with van der Waals surface area (Å²) in [7, 11) is 0. The summed E-state index contributed by atoms with van der Waals surface area (Å²) in [5, 5.41) is 2.76. The fourth-order valence-electron chi connectivity index (χ4n) is 1.37. The molecule has 0 heterocycles. The summed E-state index contributed by atoms with van der Waals surface area (Å²) in [5.41, 5.74) is 2.45. The molecule has 2 nitrogen and oxygen atoms in total. The lowest BCUT2D eigenvalue weighted by molar-refractivity contribution is -0.118. The molecular weight excluding hydrogens is 266 g/mol. The van der Waals surface area contributed by atoms with Crippen molar-refractivity contribution >= 4 is 27.9 Å². The van der Waals surface area contributed by atoms with E-state index in [0.717, 1.165) is 10.9 Å². The van der Waals surface area contributed by atoms with Crippen LogP contribution >= 0.6 is 15.9 Å². The average Bonchev–Trinajstić information content (AvgIpc) is 2.20. The number of rotatable bonds is 4. The van der Waals surface area contributed by atoms with E-state index in [0.29, 0.717) is 6.54 Å². The maximum absolute atomic E-state index is 10.6. The van der Waals surface area contributed by atoms with E-state index < -0.39 is 0 Å². The first-order valence-corrected chi connectivity index (χ1v) is 6.06. The molecule has 1 aromatic rings. The molecule has 0 aliphatic heterocycles. The van der Waals surface area contributed by atoms with Gasteiger partial charge in [-0.3, -0.25) is 4.79 Å². The van der Waals surface area contributed by atoms with Crippen LogP contribution in [0.4, 0.5) is 0 Å². The number of nitrogens with one attached hydrogen (secondary N) is 1. The van der Waals surface area contributed by atoms with Gasteiger partial charge in [0.2, 0.25) is 5.91 Å². The van der Waals surface area contributed by atoms with Crippen molar-refractivity contribution in [3.05, 3.63) is 39.9 Å². The van der Waals surface area contributed by atoms with Gasteiger partial charge in [0.25, 0.3) is 0 Å². The van der Waals surface area contributed by atoms with Gasteiger partial charge in [0.05, 0.1) is 0 Å². The molecule has 0 atom stereocenters. The monoisotopic (exact) mass is 281 g/mol. The van der Waals surface area contributed by atoms with E-state index in [9.17, 15) is 4.79 Å². The molecule has 3 heteroatoms. The number of hydrogen-bond donors (Lipinski definition) is 1. The summed E-state index contributed by atoms with van der Waals surface area (Å²) in [6.45, 7) is 4.31. The van der Waals surface area contributed by atoms with Crippen LogP contribution in [0.1, 0.15) is 24.5 Å². The van der Waals surface area contributed by atoms with E-state index in [2.05, 4.69) is 52.5 Å². The molecule has 86 valence electrons. The van der Waals surface area contributed by atoms with Gasteiger partial charge in [-0.1, -0.05) is 34.1 Å². The highest BCUT2D eigenvalue weighted by Crippen LogP contribution is 2.16. The van der Waals surface area contributed by atoms with E-state index in [1.165, 1.54) is 18.1 Å². The van der Waals surface area contributed by atoms with Gasteiger partial charge in [-0.05, 0) is 36.6 Å². The van der Waals surface area contributed by atoms with Gasteiger partial charge in [0.15, 0.2) is 0 Å². The van der Waals surface area contributed by atoms with E-state index in [1.807, 2.05) is 6.07 Å². The van der Waals surface area contributed by atoms with Gasteiger partial charge in [0, 0.05) is 17.9 Å². The largest absolute Gasteiger partial charge is 0.356 e. The third-order valence-corrected chi connectivity index (χ3v) is 2.71. The van der Waals surface area contributed by atoms with Crippen molar-refractivity contribution in [3.8, 4) is 0 Å². The summed E-state index contributed by atoms with van der Waals surface area (Å²) in [5.74, 6) is 0.0215. The van der Waals surface area contributed by atoms with Crippen molar-refractivity contribution in [2.45, 2.75) is 20.3 Å². The van der Waals surface area contributed by atoms with Gasteiger partial charge in [-0.2, -0.15) is 0 Å². The summed E-state index contributed by atoms with van der Waals surface area (Å²) < 4.78 is 1.10. The minimum atomic E-state index is 0.0215. The highest BCUT2D eigenvalue weighted by Gasteiger charge is 1.94. The minimum Gasteiger partial charge on any atom is -0.356 e. The van der Waals surface area contributed by atoms with Crippen molar-refractivity contribution in [1.82, 2.24) is 5.32 Å². The van der Waals surface area contributed by atoms with E-state index in [1.54, 1.807) is 0 Å². The molecule has 0 aromatic heterocycles. The van der Waals surface area contributed by atoms with Crippen LogP contribution in [-0.4, -0.2) is 12.5 Å². The SMILES string of the molecule is CC(=O)NCCC=Cc1ccc(Br)cc1C. The Hall–Kier alpha value is -1.09. The molecule has 0 aliphatic rings. The van der Waals surface area contributed by atoms with Crippen molar-refractivity contribution in [2.75, 3.05) is 6.54 Å². The Morgan fingerprint density at radius 2 is 2.25 bits per heavy atom. The summed E-state index contributed by atoms with van der Waals surface area (Å²) in [6.07, 6.45) is 5.02. The fraction of sp³-hybridized carbons (Fsp3) is 0.308. The van der Waals surface area contributed by atoms with Gasteiger partial charge < -0.3 is 5.32 Å². The molecule has 0 saturated heterocycles. The second-order valence-corrected chi connectivity index (χ2v) is 4.59. The molecule has 0 spiro atoms. The number of benzene rings is 1. The van der Waals surface area contributed by atoms with E-state index in [-0.39, 0.29) is 5.91 Å². The molecule has 0 fully saturated rings. The number of amides is 1. The normalized spacial score (nSPS) is 10.7. The summed E-state index contributed by atoms with van der Waals surface area (Å²) in [4.78, 5) is 10.6. The van der Waals surface area contributed by atoms with Crippen LogP contribution in [0.5, 0.6) is 0 Å². The number of carbonyl (C=O) groups is 1. The predicted octanol–water partition coefficient (Wildman–Crippen LogP) is 3.30. The number of halogens is 1. The van der Waals surface area contributed by atoms with Crippen LogP contribution in [-0.2, 0) is 4.79 Å². The molecule has 0 unspecified atom stereocenters. The minimum absolute atomic E-state index is 0.0215. The zero-order valence-electron chi connectivity index (χ0n) is 9.59. The average molecular weight is 282 g/mol. The molecular formula is C13H16BrNO.